The van der Waals surface area contributed by atoms with E-state index in [0.717, 1.165) is 11.1 Å². The Labute approximate surface area is 217 Å². The first-order valence-corrected chi connectivity index (χ1v) is 12.0. The van der Waals surface area contributed by atoms with Gasteiger partial charge in [0, 0.05) is 19.0 Å². The molecule has 3 aromatic carbocycles. The topological polar surface area (TPSA) is 90.9 Å². The molecule has 0 fully saturated rings. The molecule has 3 aromatic rings. The van der Waals surface area contributed by atoms with Gasteiger partial charge in [0.15, 0.2) is 11.5 Å². The standard InChI is InChI=1S/C30H33NO6/c1-19-7-11-22(12-8-19)28(33)36-25-16-15-24(27(35-21(3)32)18-31-30(4,5)6)17-26(25)37-29(34)23-13-9-20(2)10-14-23/h7-17,27,31H,18H2,1-6H3. The van der Waals surface area contributed by atoms with Gasteiger partial charge in [-0.25, -0.2) is 9.59 Å². The molecule has 0 aromatic heterocycles. The molecule has 194 valence electrons. The lowest BCUT2D eigenvalue weighted by Gasteiger charge is -2.25. The van der Waals surface area contributed by atoms with E-state index in [1.54, 1.807) is 48.5 Å². The summed E-state index contributed by atoms with van der Waals surface area (Å²) in [5, 5.41) is 3.32. The van der Waals surface area contributed by atoms with Crippen LogP contribution in [0.25, 0.3) is 0 Å². The predicted molar refractivity (Wildman–Crippen MR) is 141 cm³/mol. The van der Waals surface area contributed by atoms with Crippen molar-refractivity contribution >= 4 is 17.9 Å². The van der Waals surface area contributed by atoms with E-state index in [4.69, 9.17) is 14.2 Å². The number of carbonyl (C=O) groups is 3. The second kappa shape index (κ2) is 11.8. The Morgan fingerprint density at radius 2 is 1.24 bits per heavy atom. The molecule has 1 N–H and O–H groups in total. The minimum atomic E-state index is -0.657. The minimum absolute atomic E-state index is 0.0384. The van der Waals surface area contributed by atoms with Gasteiger partial charge in [0.25, 0.3) is 0 Å². The smallest absolute Gasteiger partial charge is 0.343 e. The van der Waals surface area contributed by atoms with E-state index in [1.807, 2.05) is 46.8 Å². The van der Waals surface area contributed by atoms with Crippen LogP contribution in [0.15, 0.2) is 66.7 Å². The highest BCUT2D eigenvalue weighted by Gasteiger charge is 2.23. The van der Waals surface area contributed by atoms with Gasteiger partial charge < -0.3 is 19.5 Å². The van der Waals surface area contributed by atoms with E-state index in [-0.39, 0.29) is 17.0 Å². The molecule has 37 heavy (non-hydrogen) atoms. The van der Waals surface area contributed by atoms with Gasteiger partial charge in [-0.1, -0.05) is 41.5 Å². The fourth-order valence-corrected chi connectivity index (χ4v) is 3.41. The van der Waals surface area contributed by atoms with Crippen molar-refractivity contribution in [1.82, 2.24) is 5.32 Å². The Morgan fingerprint density at radius 3 is 1.70 bits per heavy atom. The number of nitrogens with one attached hydrogen (secondary N) is 1. The van der Waals surface area contributed by atoms with E-state index in [1.165, 1.54) is 13.0 Å². The number of aryl methyl sites for hydroxylation is 2. The first-order chi connectivity index (χ1) is 17.4. The molecule has 0 heterocycles. The summed E-state index contributed by atoms with van der Waals surface area (Å²) in [6.45, 7) is 11.5. The minimum Gasteiger partial charge on any atom is -0.456 e. The summed E-state index contributed by atoms with van der Waals surface area (Å²) in [6.07, 6.45) is -0.657. The van der Waals surface area contributed by atoms with E-state index in [0.29, 0.717) is 23.2 Å². The van der Waals surface area contributed by atoms with Gasteiger partial charge in [-0.2, -0.15) is 0 Å². The molecule has 0 aliphatic carbocycles. The third-order valence-electron chi connectivity index (χ3n) is 5.45. The molecule has 1 atom stereocenters. The van der Waals surface area contributed by atoms with Crippen LogP contribution in [0.3, 0.4) is 0 Å². The van der Waals surface area contributed by atoms with Crippen molar-refractivity contribution in [3.8, 4) is 11.5 Å². The van der Waals surface area contributed by atoms with Crippen LogP contribution in [0, 0.1) is 13.8 Å². The maximum Gasteiger partial charge on any atom is 0.343 e. The van der Waals surface area contributed by atoms with E-state index in [9.17, 15) is 14.4 Å². The number of rotatable bonds is 8. The fraction of sp³-hybridized carbons (Fsp3) is 0.300. The Balaban J connectivity index is 1.96. The molecule has 3 rings (SSSR count). The zero-order valence-corrected chi connectivity index (χ0v) is 22.1. The fourth-order valence-electron chi connectivity index (χ4n) is 3.41. The summed E-state index contributed by atoms with van der Waals surface area (Å²) >= 11 is 0. The first kappa shape index (κ1) is 27.6. The van der Waals surface area contributed by atoms with Crippen molar-refractivity contribution in [3.05, 3.63) is 94.5 Å². The average molecular weight is 504 g/mol. The molecule has 0 radical (unpaired) electrons. The van der Waals surface area contributed by atoms with Crippen LogP contribution in [0.1, 0.15) is 71.2 Å². The van der Waals surface area contributed by atoms with Gasteiger partial charge in [0.1, 0.15) is 6.10 Å². The number of carbonyl (C=O) groups excluding carboxylic acids is 3. The third kappa shape index (κ3) is 8.29. The van der Waals surface area contributed by atoms with Crippen LogP contribution in [-0.4, -0.2) is 30.0 Å². The largest absolute Gasteiger partial charge is 0.456 e. The average Bonchev–Trinajstić information content (AvgIpc) is 2.83. The molecular weight excluding hydrogens is 470 g/mol. The van der Waals surface area contributed by atoms with Crippen LogP contribution >= 0.6 is 0 Å². The quantitative estimate of drug-likeness (QED) is 0.310. The Morgan fingerprint density at radius 1 is 0.757 bits per heavy atom. The maximum absolute atomic E-state index is 12.9. The van der Waals surface area contributed by atoms with Gasteiger partial charge >= 0.3 is 17.9 Å². The van der Waals surface area contributed by atoms with Gasteiger partial charge in [0.2, 0.25) is 0 Å². The van der Waals surface area contributed by atoms with Crippen LogP contribution in [-0.2, 0) is 9.53 Å². The Bertz CT molecular complexity index is 1260. The second-order valence-electron chi connectivity index (χ2n) is 9.95. The zero-order chi connectivity index (χ0) is 27.2. The maximum atomic E-state index is 12.9. The Kier molecular flexibility index (Phi) is 8.84. The molecule has 0 amide bonds. The number of hydrogen-bond acceptors (Lipinski definition) is 7. The van der Waals surface area contributed by atoms with Gasteiger partial charge in [-0.3, -0.25) is 4.79 Å². The lowest BCUT2D eigenvalue weighted by atomic mass is 10.1. The predicted octanol–water partition coefficient (Wildman–Crippen LogP) is 5.73. The highest BCUT2D eigenvalue weighted by molar-refractivity contribution is 5.93. The highest BCUT2D eigenvalue weighted by Crippen LogP contribution is 2.33. The first-order valence-electron chi connectivity index (χ1n) is 12.0. The third-order valence-corrected chi connectivity index (χ3v) is 5.45. The molecule has 0 saturated carbocycles. The lowest BCUT2D eigenvalue weighted by molar-refractivity contribution is -0.146. The number of benzene rings is 3. The van der Waals surface area contributed by atoms with E-state index in [2.05, 4.69) is 5.32 Å². The normalized spacial score (nSPS) is 11.9. The SMILES string of the molecule is CC(=O)OC(CNC(C)(C)C)c1ccc(OC(=O)c2ccc(C)cc2)c(OC(=O)c2ccc(C)cc2)c1. The molecule has 7 heteroatoms. The summed E-state index contributed by atoms with van der Waals surface area (Å²) in [4.78, 5) is 37.5. The summed E-state index contributed by atoms with van der Waals surface area (Å²) in [5.41, 5.74) is 3.07. The van der Waals surface area contributed by atoms with Crippen molar-refractivity contribution in [2.24, 2.45) is 0 Å². The molecule has 7 nitrogen and oxygen atoms in total. The van der Waals surface area contributed by atoms with Gasteiger partial charge in [0.05, 0.1) is 11.1 Å². The molecule has 1 unspecified atom stereocenters. The highest BCUT2D eigenvalue weighted by atomic mass is 16.6. The Hall–Kier alpha value is -3.97. The van der Waals surface area contributed by atoms with Crippen molar-refractivity contribution < 1.29 is 28.6 Å². The molecule has 0 aliphatic rings. The van der Waals surface area contributed by atoms with Crippen molar-refractivity contribution in [1.29, 1.82) is 0 Å². The number of esters is 3. The lowest BCUT2D eigenvalue weighted by Crippen LogP contribution is -2.39. The van der Waals surface area contributed by atoms with Crippen LogP contribution in [0.4, 0.5) is 0 Å². The van der Waals surface area contributed by atoms with Gasteiger partial charge in [-0.15, -0.1) is 0 Å². The van der Waals surface area contributed by atoms with Crippen LogP contribution in [0.5, 0.6) is 11.5 Å². The number of ether oxygens (including phenoxy) is 3. The van der Waals surface area contributed by atoms with Crippen LogP contribution in [0.2, 0.25) is 0 Å². The number of hydrogen-bond donors (Lipinski definition) is 1. The van der Waals surface area contributed by atoms with Crippen molar-refractivity contribution in [2.75, 3.05) is 6.54 Å². The monoisotopic (exact) mass is 503 g/mol. The molecule has 0 aliphatic heterocycles. The van der Waals surface area contributed by atoms with Crippen LogP contribution < -0.4 is 14.8 Å². The molecule has 0 spiro atoms. The zero-order valence-electron chi connectivity index (χ0n) is 22.1. The summed E-state index contributed by atoms with van der Waals surface area (Å²) in [5.74, 6) is -1.54. The van der Waals surface area contributed by atoms with Crippen molar-refractivity contribution in [3.63, 3.8) is 0 Å². The molecular formula is C30H33NO6. The summed E-state index contributed by atoms with van der Waals surface area (Å²) < 4.78 is 16.9. The summed E-state index contributed by atoms with van der Waals surface area (Å²) in [6, 6.07) is 18.7. The summed E-state index contributed by atoms with van der Waals surface area (Å²) in [7, 11) is 0. The second-order valence-corrected chi connectivity index (χ2v) is 9.95. The molecule has 0 bridgehead atoms. The van der Waals surface area contributed by atoms with E-state index >= 15 is 0 Å². The van der Waals surface area contributed by atoms with Crippen molar-refractivity contribution in [2.45, 2.75) is 53.2 Å². The van der Waals surface area contributed by atoms with E-state index < -0.39 is 24.0 Å². The van der Waals surface area contributed by atoms with Gasteiger partial charge in [-0.05, 0) is 76.6 Å². The molecule has 0 saturated heterocycles.